The molecular weight excluding hydrogens is 438 g/mol. The molecule has 0 aromatic rings. The van der Waals surface area contributed by atoms with Crippen LogP contribution in [0.2, 0.25) is 25.7 Å². The Labute approximate surface area is 184 Å². The third-order valence-electron chi connectivity index (χ3n) is 4.93. The van der Waals surface area contributed by atoms with Crippen LogP contribution in [0.15, 0.2) is 48.3 Å². The molecule has 0 bridgehead atoms. The van der Waals surface area contributed by atoms with Crippen molar-refractivity contribution in [2.45, 2.75) is 50.7 Å². The zero-order valence-corrected chi connectivity index (χ0v) is 20.3. The lowest BCUT2D eigenvalue weighted by molar-refractivity contribution is -0.149. The molecule has 2 atom stereocenters. The molecule has 0 saturated carbocycles. The Bertz CT molecular complexity index is 972. The number of ether oxygens (including phenoxy) is 2. The summed E-state index contributed by atoms with van der Waals surface area (Å²) < 4.78 is 37.8. The number of amides is 1. The second-order valence-corrected chi connectivity index (χ2v) is 16.2. The lowest BCUT2D eigenvalue weighted by Gasteiger charge is -2.29. The van der Waals surface area contributed by atoms with E-state index in [0.29, 0.717) is 10.3 Å². The molecule has 10 heteroatoms. The smallest absolute Gasteiger partial charge is 0.331 e. The van der Waals surface area contributed by atoms with Crippen molar-refractivity contribution in [2.75, 3.05) is 12.9 Å². The number of rotatable bonds is 8. The number of carbonyl (C=O) groups excluding carboxylic acids is 3. The highest BCUT2D eigenvalue weighted by Gasteiger charge is 2.55. The van der Waals surface area contributed by atoms with Crippen LogP contribution in [0.4, 0.5) is 0 Å². The van der Waals surface area contributed by atoms with E-state index >= 15 is 0 Å². The quantitative estimate of drug-likeness (QED) is 0.233. The Balaban J connectivity index is 2.45. The molecule has 1 heterocycles. The van der Waals surface area contributed by atoms with Crippen LogP contribution >= 0.6 is 0 Å². The molecule has 2 rings (SSSR count). The van der Waals surface area contributed by atoms with Gasteiger partial charge in [-0.05, 0) is 25.1 Å². The number of nitrogens with zero attached hydrogens (tertiary/aromatic N) is 1. The molecule has 0 N–H and O–H groups in total. The molecule has 0 unspecified atom stereocenters. The van der Waals surface area contributed by atoms with Crippen LogP contribution < -0.4 is 0 Å². The lowest BCUT2D eigenvalue weighted by atomic mass is 9.90. The summed E-state index contributed by atoms with van der Waals surface area (Å²) in [7, 11) is -4.52. The van der Waals surface area contributed by atoms with Crippen molar-refractivity contribution in [2.24, 2.45) is 0 Å². The molecular formula is C21H29NO7SSi. The molecule has 2 aliphatic rings. The van der Waals surface area contributed by atoms with E-state index in [-0.39, 0.29) is 23.7 Å². The fourth-order valence-corrected chi connectivity index (χ4v) is 7.82. The predicted molar refractivity (Wildman–Crippen MR) is 119 cm³/mol. The Morgan fingerprint density at radius 2 is 2.00 bits per heavy atom. The summed E-state index contributed by atoms with van der Waals surface area (Å²) in [6.07, 6.45) is 9.41. The fraction of sp³-hybridized carbons (Fsp3) is 0.476. The molecule has 8 nitrogen and oxygen atoms in total. The molecule has 1 saturated heterocycles. The van der Waals surface area contributed by atoms with Crippen molar-refractivity contribution in [1.29, 1.82) is 0 Å². The van der Waals surface area contributed by atoms with Gasteiger partial charge in [-0.1, -0.05) is 37.9 Å². The number of ketones is 1. The zero-order valence-electron chi connectivity index (χ0n) is 18.5. The second-order valence-electron chi connectivity index (χ2n) is 8.62. The number of hydrogen-bond donors (Lipinski definition) is 0. The molecule has 170 valence electrons. The van der Waals surface area contributed by atoms with Crippen molar-refractivity contribution in [3.63, 3.8) is 0 Å². The van der Waals surface area contributed by atoms with Crippen molar-refractivity contribution < 1.29 is 32.3 Å². The van der Waals surface area contributed by atoms with Gasteiger partial charge in [0.25, 0.3) is 5.91 Å². The second kappa shape index (κ2) is 9.35. The van der Waals surface area contributed by atoms with E-state index < -0.39 is 41.6 Å². The van der Waals surface area contributed by atoms with Crippen molar-refractivity contribution >= 4 is 35.8 Å². The van der Waals surface area contributed by atoms with Gasteiger partial charge in [-0.15, -0.1) is 0 Å². The maximum atomic E-state index is 13.2. The Hall–Kier alpha value is -2.46. The molecule has 1 aliphatic heterocycles. The lowest BCUT2D eigenvalue weighted by Crippen LogP contribution is -2.48. The van der Waals surface area contributed by atoms with Crippen LogP contribution in [0.1, 0.15) is 13.3 Å². The number of sulfonamides is 1. The van der Waals surface area contributed by atoms with Gasteiger partial charge in [-0.3, -0.25) is 9.59 Å². The van der Waals surface area contributed by atoms with Crippen molar-refractivity contribution in [3.8, 4) is 0 Å². The number of methoxy groups -OCH3 is 1. The first-order chi connectivity index (χ1) is 14.3. The third kappa shape index (κ3) is 5.82. The maximum Gasteiger partial charge on any atom is 0.331 e. The van der Waals surface area contributed by atoms with Gasteiger partial charge in [0.2, 0.25) is 10.0 Å². The van der Waals surface area contributed by atoms with Gasteiger partial charge in [0, 0.05) is 26.6 Å². The predicted octanol–water partition coefficient (Wildman–Crippen LogP) is 2.34. The number of hydrogen-bond acceptors (Lipinski definition) is 7. The van der Waals surface area contributed by atoms with E-state index in [2.05, 4.69) is 0 Å². The highest BCUT2D eigenvalue weighted by Crippen LogP contribution is 2.40. The summed E-state index contributed by atoms with van der Waals surface area (Å²) in [4.78, 5) is 37.4. The first-order valence-corrected chi connectivity index (χ1v) is 15.2. The van der Waals surface area contributed by atoms with E-state index in [0.717, 1.165) is 6.08 Å². The summed E-state index contributed by atoms with van der Waals surface area (Å²) in [6.45, 7) is 7.83. The van der Waals surface area contributed by atoms with E-state index in [9.17, 15) is 22.8 Å². The van der Waals surface area contributed by atoms with Gasteiger partial charge in [0.1, 0.15) is 5.76 Å². The average Bonchev–Trinajstić information content (AvgIpc) is 2.98. The molecule has 1 fully saturated rings. The highest BCUT2D eigenvalue weighted by atomic mass is 32.2. The number of allylic oxidation sites excluding steroid dienone is 5. The summed E-state index contributed by atoms with van der Waals surface area (Å²) in [6, 6.07) is -0.937. The van der Waals surface area contributed by atoms with Gasteiger partial charge in [0.05, 0.1) is 12.9 Å². The Morgan fingerprint density at radius 3 is 2.58 bits per heavy atom. The van der Waals surface area contributed by atoms with E-state index in [4.69, 9.17) is 9.47 Å². The summed E-state index contributed by atoms with van der Waals surface area (Å²) >= 11 is 0. The molecule has 1 amide bonds. The highest BCUT2D eigenvalue weighted by molar-refractivity contribution is 7.89. The minimum atomic E-state index is -4.11. The van der Waals surface area contributed by atoms with Gasteiger partial charge in [-0.25, -0.2) is 17.5 Å². The zero-order chi connectivity index (χ0) is 23.4. The largest absolute Gasteiger partial charge is 0.496 e. The molecule has 31 heavy (non-hydrogen) atoms. The molecule has 0 aromatic carbocycles. The van der Waals surface area contributed by atoms with Gasteiger partial charge in [0.15, 0.2) is 17.4 Å². The summed E-state index contributed by atoms with van der Waals surface area (Å²) in [5.41, 5.74) is -1.43. The van der Waals surface area contributed by atoms with Crippen LogP contribution in [0.25, 0.3) is 0 Å². The van der Waals surface area contributed by atoms with Gasteiger partial charge >= 0.3 is 5.97 Å². The van der Waals surface area contributed by atoms with E-state index in [1.165, 1.54) is 31.4 Å². The Kier molecular flexibility index (Phi) is 7.48. The van der Waals surface area contributed by atoms with Crippen LogP contribution in [-0.4, -0.2) is 63.0 Å². The monoisotopic (exact) mass is 467 g/mol. The first kappa shape index (κ1) is 24.8. The average molecular weight is 468 g/mol. The maximum absolute atomic E-state index is 13.2. The summed E-state index contributed by atoms with van der Waals surface area (Å²) in [5.74, 6) is -2.19. The van der Waals surface area contributed by atoms with Crippen LogP contribution in [0, 0.1) is 0 Å². The number of carbonyl (C=O) groups is 3. The fourth-order valence-electron chi connectivity index (χ4n) is 3.26. The molecule has 1 aliphatic carbocycles. The molecule has 0 radical (unpaired) electrons. The van der Waals surface area contributed by atoms with Crippen LogP contribution in [0.5, 0.6) is 0 Å². The normalized spacial score (nSPS) is 24.2. The minimum absolute atomic E-state index is 0.0900. The topological polar surface area (TPSA) is 107 Å². The van der Waals surface area contributed by atoms with E-state index in [1.54, 1.807) is 19.1 Å². The summed E-state index contributed by atoms with van der Waals surface area (Å²) in [5, 5.41) is 0. The van der Waals surface area contributed by atoms with Crippen molar-refractivity contribution in [1.82, 2.24) is 4.31 Å². The Morgan fingerprint density at radius 1 is 1.32 bits per heavy atom. The minimum Gasteiger partial charge on any atom is -0.496 e. The molecule has 0 aromatic heterocycles. The van der Waals surface area contributed by atoms with E-state index in [1.807, 2.05) is 19.6 Å². The third-order valence-corrected chi connectivity index (χ3v) is 8.80. The first-order valence-electron chi connectivity index (χ1n) is 9.93. The SMILES string of the molecule is C/C=C/C=C/C(=O)N([C@H]1C[C@@]2(C=CC(=O)C=C2OC)OC1=O)S(=O)(=O)CC[Si](C)(C)C. The van der Waals surface area contributed by atoms with Crippen LogP contribution in [0.3, 0.4) is 0 Å². The molecule has 1 spiro atoms. The van der Waals surface area contributed by atoms with Gasteiger partial charge in [-0.2, -0.15) is 0 Å². The van der Waals surface area contributed by atoms with Crippen molar-refractivity contribution in [3.05, 3.63) is 48.3 Å². The standard InChI is InChI=1S/C21H29NO7SSi/c1-6-7-8-9-19(24)22(30(26,27)12-13-31(3,4)5)17-15-21(29-20(17)25)11-10-16(23)14-18(21)28-2/h6-11,14,17H,12-13,15H2,1-5H3/b7-6+,9-8+/t17-,21+/m0/s1. The van der Waals surface area contributed by atoms with Gasteiger partial charge < -0.3 is 9.47 Å². The number of esters is 1. The van der Waals surface area contributed by atoms with Crippen LogP contribution in [-0.2, 0) is 33.9 Å².